The molecule has 2 N–H and O–H groups in total. The fourth-order valence-corrected chi connectivity index (χ4v) is 3.38. The maximum atomic E-state index is 12.4. The largest absolute Gasteiger partial charge is 0.481 e. The molecular formula is C26H33N5O3. The van der Waals surface area contributed by atoms with Crippen molar-refractivity contribution in [2.24, 2.45) is 0 Å². The third kappa shape index (κ3) is 7.30. The number of hydrogen-bond donors (Lipinski definition) is 2. The summed E-state index contributed by atoms with van der Waals surface area (Å²) in [6.45, 7) is 7.66. The summed E-state index contributed by atoms with van der Waals surface area (Å²) >= 11 is 0. The third-order valence-electron chi connectivity index (χ3n) is 4.88. The number of carboxylic acid groups (broad SMARTS) is 1. The van der Waals surface area contributed by atoms with Crippen LogP contribution in [-0.2, 0) is 22.4 Å². The molecule has 1 aromatic heterocycles. The highest BCUT2D eigenvalue weighted by Gasteiger charge is 2.20. The first-order valence-electron chi connectivity index (χ1n) is 10.9. The Hall–Kier alpha value is -3.94. The van der Waals surface area contributed by atoms with Gasteiger partial charge >= 0.3 is 5.97 Å². The van der Waals surface area contributed by atoms with E-state index in [9.17, 15) is 14.7 Å². The summed E-state index contributed by atoms with van der Waals surface area (Å²) in [5, 5.41) is 12.2. The first-order chi connectivity index (χ1) is 16.0. The number of nitrogens with zero attached hydrogens (tertiary/aromatic N) is 4. The zero-order chi connectivity index (χ0) is 25.4. The smallest absolute Gasteiger partial charge is 0.308 e. The predicted molar refractivity (Wildman–Crippen MR) is 138 cm³/mol. The van der Waals surface area contributed by atoms with Gasteiger partial charge in [-0.05, 0) is 37.6 Å². The van der Waals surface area contributed by atoms with Crippen LogP contribution in [0.2, 0.25) is 0 Å². The van der Waals surface area contributed by atoms with Crippen molar-refractivity contribution in [2.75, 3.05) is 43.3 Å². The molecule has 0 fully saturated rings. The van der Waals surface area contributed by atoms with Crippen LogP contribution in [0.5, 0.6) is 0 Å². The fraction of sp³-hybridized carbons (Fsp3) is 0.308. The second-order valence-electron chi connectivity index (χ2n) is 8.37. The number of aliphatic carboxylic acids is 1. The summed E-state index contributed by atoms with van der Waals surface area (Å²) in [5.41, 5.74) is 3.51. The molecule has 0 aliphatic rings. The van der Waals surface area contributed by atoms with Gasteiger partial charge in [0.25, 0.3) is 5.91 Å². The summed E-state index contributed by atoms with van der Waals surface area (Å²) in [6, 6.07) is 7.44. The van der Waals surface area contributed by atoms with Crippen molar-refractivity contribution in [1.82, 2.24) is 9.97 Å². The highest BCUT2D eigenvalue weighted by Crippen LogP contribution is 2.27. The van der Waals surface area contributed by atoms with Gasteiger partial charge < -0.3 is 20.2 Å². The molecule has 0 unspecified atom stereocenters. The lowest BCUT2D eigenvalue weighted by atomic mass is 10.1. The van der Waals surface area contributed by atoms with Gasteiger partial charge in [-0.3, -0.25) is 9.59 Å². The molecule has 0 aliphatic heterocycles. The van der Waals surface area contributed by atoms with Crippen LogP contribution in [0.25, 0.3) is 0 Å². The van der Waals surface area contributed by atoms with Crippen molar-refractivity contribution in [2.45, 2.75) is 26.7 Å². The van der Waals surface area contributed by atoms with E-state index in [2.05, 4.69) is 21.9 Å². The van der Waals surface area contributed by atoms with Gasteiger partial charge in [-0.1, -0.05) is 36.4 Å². The monoisotopic (exact) mass is 463 g/mol. The van der Waals surface area contributed by atoms with E-state index in [0.717, 1.165) is 11.1 Å². The van der Waals surface area contributed by atoms with E-state index in [0.29, 0.717) is 40.7 Å². The van der Waals surface area contributed by atoms with Gasteiger partial charge in [0.1, 0.15) is 17.5 Å². The van der Waals surface area contributed by atoms with E-state index in [4.69, 9.17) is 0 Å². The Balaban J connectivity index is 2.23. The van der Waals surface area contributed by atoms with Crippen LogP contribution in [-0.4, -0.2) is 55.1 Å². The maximum absolute atomic E-state index is 12.4. The third-order valence-corrected chi connectivity index (χ3v) is 4.88. The van der Waals surface area contributed by atoms with Crippen LogP contribution in [0.15, 0.2) is 60.2 Å². The lowest BCUT2D eigenvalue weighted by Gasteiger charge is -2.22. The molecule has 0 aliphatic carbocycles. The molecule has 34 heavy (non-hydrogen) atoms. The Bertz CT molecular complexity index is 1090. The van der Waals surface area contributed by atoms with Gasteiger partial charge in [0, 0.05) is 51.4 Å². The van der Waals surface area contributed by atoms with E-state index in [1.807, 2.05) is 78.5 Å². The van der Waals surface area contributed by atoms with Gasteiger partial charge in [0.05, 0.1) is 6.42 Å². The Labute approximate surface area is 201 Å². The summed E-state index contributed by atoms with van der Waals surface area (Å²) < 4.78 is 0. The molecule has 2 aromatic rings. The number of aromatic nitrogens is 2. The molecular weight excluding hydrogens is 430 g/mol. The Kier molecular flexibility index (Phi) is 9.12. The number of amides is 1. The molecule has 1 heterocycles. The lowest BCUT2D eigenvalue weighted by Crippen LogP contribution is -2.22. The van der Waals surface area contributed by atoms with Crippen molar-refractivity contribution >= 4 is 29.2 Å². The topological polar surface area (TPSA) is 98.7 Å². The van der Waals surface area contributed by atoms with Crippen LogP contribution in [0, 0.1) is 0 Å². The second kappa shape index (κ2) is 11.8. The summed E-state index contributed by atoms with van der Waals surface area (Å²) in [6.07, 6.45) is 5.85. The SMILES string of the molecule is C=C(C=C(C)C=CC)C(=O)Nc1ccc(Cc2nc(N(C)C)c(CC(=O)O)c(N(C)C)n2)cc1. The van der Waals surface area contributed by atoms with Crippen molar-refractivity contribution in [3.05, 3.63) is 77.2 Å². The first kappa shape index (κ1) is 26.3. The summed E-state index contributed by atoms with van der Waals surface area (Å²) in [5.74, 6) is 0.548. The molecule has 8 nitrogen and oxygen atoms in total. The Morgan fingerprint density at radius 3 is 2.09 bits per heavy atom. The van der Waals surface area contributed by atoms with E-state index in [-0.39, 0.29) is 12.3 Å². The van der Waals surface area contributed by atoms with Gasteiger partial charge in [-0.25, -0.2) is 9.97 Å². The normalized spacial score (nSPS) is 11.4. The van der Waals surface area contributed by atoms with Gasteiger partial charge in [0.2, 0.25) is 0 Å². The summed E-state index contributed by atoms with van der Waals surface area (Å²) in [7, 11) is 7.32. The zero-order valence-corrected chi connectivity index (χ0v) is 20.7. The van der Waals surface area contributed by atoms with Gasteiger partial charge in [-0.2, -0.15) is 0 Å². The van der Waals surface area contributed by atoms with E-state index in [1.165, 1.54) is 0 Å². The highest BCUT2D eigenvalue weighted by atomic mass is 16.4. The number of carbonyl (C=O) groups excluding carboxylic acids is 1. The number of rotatable bonds is 10. The Morgan fingerprint density at radius 1 is 1.06 bits per heavy atom. The fourth-order valence-electron chi connectivity index (χ4n) is 3.38. The molecule has 1 amide bonds. The van der Waals surface area contributed by atoms with Crippen LogP contribution in [0.1, 0.15) is 30.8 Å². The molecule has 0 spiro atoms. The molecule has 8 heteroatoms. The standard InChI is InChI=1S/C26H33N5O3/c1-8-9-17(2)14-18(3)26(34)27-20-12-10-19(11-13-20)15-22-28-24(30(4)5)21(16-23(32)33)25(29-22)31(6)7/h8-14H,3,15-16H2,1-2,4-7H3,(H,27,34)(H,32,33). The number of nitrogens with one attached hydrogen (secondary N) is 1. The molecule has 0 radical (unpaired) electrons. The van der Waals surface area contributed by atoms with E-state index >= 15 is 0 Å². The van der Waals surface area contributed by atoms with Crippen LogP contribution in [0.3, 0.4) is 0 Å². The van der Waals surface area contributed by atoms with Crippen LogP contribution < -0.4 is 15.1 Å². The van der Waals surface area contributed by atoms with Crippen molar-refractivity contribution in [3.63, 3.8) is 0 Å². The number of allylic oxidation sites excluding steroid dienone is 3. The number of benzene rings is 1. The van der Waals surface area contributed by atoms with E-state index < -0.39 is 5.97 Å². The van der Waals surface area contributed by atoms with Crippen LogP contribution >= 0.6 is 0 Å². The molecule has 2 rings (SSSR count). The minimum absolute atomic E-state index is 0.162. The molecule has 0 bridgehead atoms. The van der Waals surface area contributed by atoms with Crippen molar-refractivity contribution in [1.29, 1.82) is 0 Å². The molecule has 180 valence electrons. The zero-order valence-electron chi connectivity index (χ0n) is 20.7. The average molecular weight is 464 g/mol. The molecule has 0 atom stereocenters. The van der Waals surface area contributed by atoms with Gasteiger partial charge in [-0.15, -0.1) is 0 Å². The van der Waals surface area contributed by atoms with Crippen molar-refractivity contribution in [3.8, 4) is 0 Å². The van der Waals surface area contributed by atoms with Crippen molar-refractivity contribution < 1.29 is 14.7 Å². The van der Waals surface area contributed by atoms with Gasteiger partial charge in [0.15, 0.2) is 0 Å². The minimum Gasteiger partial charge on any atom is -0.481 e. The summed E-state index contributed by atoms with van der Waals surface area (Å²) in [4.78, 5) is 36.6. The quantitative estimate of drug-likeness (QED) is 0.408. The lowest BCUT2D eigenvalue weighted by molar-refractivity contribution is -0.136. The second-order valence-corrected chi connectivity index (χ2v) is 8.37. The minimum atomic E-state index is -0.935. The number of hydrogen-bond acceptors (Lipinski definition) is 6. The molecule has 1 aromatic carbocycles. The molecule has 0 saturated heterocycles. The predicted octanol–water partition coefficient (Wildman–Crippen LogP) is 3.84. The first-order valence-corrected chi connectivity index (χ1v) is 10.9. The highest BCUT2D eigenvalue weighted by molar-refractivity contribution is 6.05. The van der Waals surface area contributed by atoms with Crippen LogP contribution in [0.4, 0.5) is 17.3 Å². The number of carboxylic acids is 1. The average Bonchev–Trinajstić information content (AvgIpc) is 2.75. The maximum Gasteiger partial charge on any atom is 0.308 e. The number of anilines is 3. The van der Waals surface area contributed by atoms with E-state index in [1.54, 1.807) is 15.9 Å². The molecule has 0 saturated carbocycles. The Morgan fingerprint density at radius 2 is 1.62 bits per heavy atom. The number of carbonyl (C=O) groups is 2.